The van der Waals surface area contributed by atoms with Crippen LogP contribution in [0.4, 0.5) is 4.79 Å². The summed E-state index contributed by atoms with van der Waals surface area (Å²) in [7, 11) is 0. The van der Waals surface area contributed by atoms with E-state index in [0.717, 1.165) is 25.0 Å². The first-order valence-corrected chi connectivity index (χ1v) is 14.3. The van der Waals surface area contributed by atoms with Crippen LogP contribution in [0.1, 0.15) is 38.5 Å². The predicted molar refractivity (Wildman–Crippen MR) is 137 cm³/mol. The average molecular weight is 575 g/mol. The predicted octanol–water partition coefficient (Wildman–Crippen LogP) is -0.498. The van der Waals surface area contributed by atoms with E-state index in [1.165, 1.54) is 0 Å². The van der Waals surface area contributed by atoms with Gasteiger partial charge < -0.3 is 39.7 Å². The van der Waals surface area contributed by atoms with Crippen LogP contribution in [-0.2, 0) is 43.0 Å². The van der Waals surface area contributed by atoms with Gasteiger partial charge in [0.25, 0.3) is 11.8 Å². The fraction of sp³-hybridized carbons (Fsp3) is 0.792. The average Bonchev–Trinajstić information content (AvgIpc) is 3.56. The van der Waals surface area contributed by atoms with Gasteiger partial charge in [0.15, 0.2) is 0 Å². The molecule has 0 aromatic carbocycles. The highest BCUT2D eigenvalue weighted by molar-refractivity contribution is 8.00. The van der Waals surface area contributed by atoms with Crippen LogP contribution < -0.4 is 16.0 Å². The summed E-state index contributed by atoms with van der Waals surface area (Å²) >= 11 is 1.88. The third-order valence-electron chi connectivity index (χ3n) is 6.18. The number of carbonyl (C=O) groups excluding carboxylic acids is 5. The second-order valence-corrected chi connectivity index (χ2v) is 10.4. The number of fused-ring (bicyclic) bond motifs is 1. The number of carbonyl (C=O) groups is 5. The van der Waals surface area contributed by atoms with Gasteiger partial charge in [0.05, 0.1) is 58.3 Å². The Hall–Kier alpha value is -2.46. The largest absolute Gasteiger partial charge is 0.377 e. The molecule has 0 aromatic heterocycles. The zero-order valence-electron chi connectivity index (χ0n) is 22.0. The molecule has 0 aliphatic carbocycles. The topological polar surface area (TPSA) is 171 Å². The third kappa shape index (κ3) is 11.3. The second kappa shape index (κ2) is 17.3. The van der Waals surface area contributed by atoms with E-state index in [0.29, 0.717) is 56.3 Å². The van der Waals surface area contributed by atoms with E-state index >= 15 is 0 Å². The van der Waals surface area contributed by atoms with Crippen LogP contribution in [-0.4, -0.2) is 117 Å². The maximum atomic E-state index is 12.0. The van der Waals surface area contributed by atoms with Gasteiger partial charge in [0, 0.05) is 36.8 Å². The Kier molecular flexibility index (Phi) is 13.8. The van der Waals surface area contributed by atoms with Crippen molar-refractivity contribution in [3.8, 4) is 0 Å². The van der Waals surface area contributed by atoms with Crippen LogP contribution in [0.5, 0.6) is 0 Å². The molecule has 39 heavy (non-hydrogen) atoms. The van der Waals surface area contributed by atoms with E-state index in [-0.39, 0.29) is 50.1 Å². The highest BCUT2D eigenvalue weighted by Crippen LogP contribution is 2.33. The standard InChI is InChI=1S/C24H38N4O10S/c29-19(4-2-1-3-18-23-17(16-39-18)26-24(33)27-23)25-7-8-34-9-10-35-11-12-36-13-14-37-15-22(32)38-28-20(30)5-6-21(28)31/h17-18,23H,1-16H2,(H,25,29)(H2,26,27,33)/t17-,18-,23-/m0/s1. The summed E-state index contributed by atoms with van der Waals surface area (Å²) in [5.74, 6) is -0.944. The van der Waals surface area contributed by atoms with Crippen LogP contribution in [0.2, 0.25) is 0 Å². The van der Waals surface area contributed by atoms with Gasteiger partial charge in [-0.3, -0.25) is 14.4 Å². The van der Waals surface area contributed by atoms with Gasteiger partial charge in [-0.2, -0.15) is 11.8 Å². The number of thioether (sulfide) groups is 1. The number of ether oxygens (including phenoxy) is 4. The van der Waals surface area contributed by atoms with E-state index in [9.17, 15) is 24.0 Å². The summed E-state index contributed by atoms with van der Waals surface area (Å²) in [6.45, 7) is 2.33. The number of urea groups is 1. The Morgan fingerprint density at radius 2 is 1.51 bits per heavy atom. The summed E-state index contributed by atoms with van der Waals surface area (Å²) in [6, 6.07) is 0.366. The molecule has 0 bridgehead atoms. The van der Waals surface area contributed by atoms with Crippen molar-refractivity contribution in [3.05, 3.63) is 0 Å². The lowest BCUT2D eigenvalue weighted by Gasteiger charge is -2.16. The molecule has 0 saturated carbocycles. The molecule has 3 aliphatic heterocycles. The molecule has 15 heteroatoms. The van der Waals surface area contributed by atoms with Crippen LogP contribution in [0, 0.1) is 0 Å². The highest BCUT2D eigenvalue weighted by Gasteiger charge is 2.42. The first-order chi connectivity index (χ1) is 18.9. The lowest BCUT2D eigenvalue weighted by molar-refractivity contribution is -0.200. The summed E-state index contributed by atoms with van der Waals surface area (Å²) < 4.78 is 21.2. The first-order valence-electron chi connectivity index (χ1n) is 13.3. The van der Waals surface area contributed by atoms with Crippen LogP contribution in [0.15, 0.2) is 0 Å². The lowest BCUT2D eigenvalue weighted by Crippen LogP contribution is -2.36. The highest BCUT2D eigenvalue weighted by atomic mass is 32.2. The number of unbranched alkanes of at least 4 members (excludes halogenated alkanes) is 1. The fourth-order valence-corrected chi connectivity index (χ4v) is 5.77. The summed E-state index contributed by atoms with van der Waals surface area (Å²) in [4.78, 5) is 62.3. The van der Waals surface area contributed by atoms with Gasteiger partial charge in [0.2, 0.25) is 5.91 Å². The van der Waals surface area contributed by atoms with Crippen molar-refractivity contribution in [3.63, 3.8) is 0 Å². The Bertz CT molecular complexity index is 832. The number of hydrogen-bond acceptors (Lipinski definition) is 11. The molecule has 0 spiro atoms. The summed E-state index contributed by atoms with van der Waals surface area (Å²) in [6.07, 6.45) is 3.33. The van der Waals surface area contributed by atoms with Crippen LogP contribution in [0.3, 0.4) is 0 Å². The van der Waals surface area contributed by atoms with E-state index in [1.54, 1.807) is 0 Å². The van der Waals surface area contributed by atoms with Gasteiger partial charge in [-0.05, 0) is 12.8 Å². The van der Waals surface area contributed by atoms with E-state index < -0.39 is 24.4 Å². The molecule has 0 unspecified atom stereocenters. The number of amides is 5. The van der Waals surface area contributed by atoms with Crippen molar-refractivity contribution in [2.45, 2.75) is 55.9 Å². The SMILES string of the molecule is O=C(CCCC[C@@H]1SC[C@@H]2NC(=O)N[C@@H]21)NCCOCCOCCOCCOCC(=O)ON1C(=O)CCC1=O. The molecule has 3 aliphatic rings. The molecule has 0 aromatic rings. The molecule has 3 fully saturated rings. The molecule has 3 atom stereocenters. The summed E-state index contributed by atoms with van der Waals surface area (Å²) in [5, 5.41) is 9.66. The molecule has 3 N–H and O–H groups in total. The molecule has 5 amide bonds. The molecule has 3 rings (SSSR count). The molecule has 3 saturated heterocycles. The van der Waals surface area contributed by atoms with Crippen molar-refractivity contribution in [2.24, 2.45) is 0 Å². The Morgan fingerprint density at radius 1 is 0.872 bits per heavy atom. The summed E-state index contributed by atoms with van der Waals surface area (Å²) in [5.41, 5.74) is 0. The molecular weight excluding hydrogens is 536 g/mol. The third-order valence-corrected chi connectivity index (χ3v) is 7.69. The molecule has 3 heterocycles. The zero-order valence-corrected chi connectivity index (χ0v) is 22.8. The minimum atomic E-state index is -0.825. The Labute approximate surface area is 231 Å². The van der Waals surface area contributed by atoms with E-state index in [2.05, 4.69) is 20.8 Å². The molecule has 220 valence electrons. The normalized spacial score (nSPS) is 22.1. The number of rotatable bonds is 20. The van der Waals surface area contributed by atoms with Gasteiger partial charge in [-0.15, -0.1) is 5.06 Å². The molecule has 0 radical (unpaired) electrons. The van der Waals surface area contributed by atoms with E-state index in [4.69, 9.17) is 18.9 Å². The fourth-order valence-electron chi connectivity index (χ4n) is 4.23. The maximum Gasteiger partial charge on any atom is 0.358 e. The number of nitrogens with one attached hydrogen (secondary N) is 3. The maximum absolute atomic E-state index is 12.0. The second-order valence-electron chi connectivity index (χ2n) is 9.15. The van der Waals surface area contributed by atoms with Crippen molar-refractivity contribution in [1.82, 2.24) is 21.0 Å². The van der Waals surface area contributed by atoms with Crippen molar-refractivity contribution >= 4 is 41.5 Å². The lowest BCUT2D eigenvalue weighted by atomic mass is 10.0. The zero-order chi connectivity index (χ0) is 27.9. The minimum absolute atomic E-state index is 0.0115. The van der Waals surface area contributed by atoms with E-state index in [1.807, 2.05) is 11.8 Å². The van der Waals surface area contributed by atoms with Crippen molar-refractivity contribution in [2.75, 3.05) is 65.2 Å². The first kappa shape index (κ1) is 31.1. The monoisotopic (exact) mass is 574 g/mol. The van der Waals surface area contributed by atoms with Gasteiger partial charge >= 0.3 is 12.0 Å². The number of imide groups is 1. The molecular formula is C24H38N4O10S. The van der Waals surface area contributed by atoms with Crippen molar-refractivity contribution in [1.29, 1.82) is 0 Å². The van der Waals surface area contributed by atoms with Gasteiger partial charge in [0.1, 0.15) is 6.61 Å². The quantitative estimate of drug-likeness (QED) is 0.0973. The van der Waals surface area contributed by atoms with Crippen molar-refractivity contribution < 1.29 is 47.8 Å². The molecule has 14 nitrogen and oxygen atoms in total. The number of nitrogens with zero attached hydrogens (tertiary/aromatic N) is 1. The van der Waals surface area contributed by atoms with Crippen LogP contribution in [0.25, 0.3) is 0 Å². The minimum Gasteiger partial charge on any atom is -0.377 e. The van der Waals surface area contributed by atoms with Gasteiger partial charge in [-0.25, -0.2) is 9.59 Å². The van der Waals surface area contributed by atoms with Gasteiger partial charge in [-0.1, -0.05) is 6.42 Å². The Morgan fingerprint density at radius 3 is 2.21 bits per heavy atom. The van der Waals surface area contributed by atoms with Crippen LogP contribution >= 0.6 is 11.8 Å². The Balaban J connectivity index is 1.02. The number of hydrogen-bond donors (Lipinski definition) is 3. The number of hydroxylamine groups is 2. The smallest absolute Gasteiger partial charge is 0.358 e.